The molecule has 0 aliphatic carbocycles. The SMILES string of the molecule is CN1C(N)=NC(c2ncc(-c3cccc(-c4nnco4)c3)s2)CS1=O. The Bertz CT molecular complexity index is 953. The fourth-order valence-corrected chi connectivity index (χ4v) is 4.48. The molecule has 1 aliphatic heterocycles. The lowest BCUT2D eigenvalue weighted by Gasteiger charge is -2.24. The molecule has 128 valence electrons. The van der Waals surface area contributed by atoms with E-state index in [9.17, 15) is 4.21 Å². The van der Waals surface area contributed by atoms with E-state index in [2.05, 4.69) is 20.2 Å². The van der Waals surface area contributed by atoms with Crippen LogP contribution in [0, 0.1) is 0 Å². The molecule has 0 saturated heterocycles. The standard InChI is InChI=1S/C15H14N6O2S2/c1-21-15(16)19-11(7-25(21)22)14-17-6-12(24-14)9-3-2-4-10(5-9)13-20-18-8-23-13/h2-6,8,11H,7H2,1H3,(H2,16,19). The van der Waals surface area contributed by atoms with Gasteiger partial charge in [0, 0.05) is 18.8 Å². The second-order valence-electron chi connectivity index (χ2n) is 5.38. The third-order valence-electron chi connectivity index (χ3n) is 3.78. The molecular formula is C15H14N6O2S2. The number of hydrogen-bond donors (Lipinski definition) is 1. The molecule has 0 saturated carbocycles. The number of rotatable bonds is 3. The quantitative estimate of drug-likeness (QED) is 0.749. The second kappa shape index (κ2) is 6.37. The molecule has 3 aromatic rings. The Kier molecular flexibility index (Phi) is 4.06. The van der Waals surface area contributed by atoms with Crippen molar-refractivity contribution in [2.75, 3.05) is 12.8 Å². The van der Waals surface area contributed by atoms with Gasteiger partial charge in [-0.3, -0.25) is 4.31 Å². The summed E-state index contributed by atoms with van der Waals surface area (Å²) in [6.07, 6.45) is 3.09. The molecule has 1 aromatic carbocycles. The average Bonchev–Trinajstić information content (AvgIpc) is 3.31. The lowest BCUT2D eigenvalue weighted by atomic mass is 10.1. The third-order valence-corrected chi connectivity index (χ3v) is 6.33. The predicted molar refractivity (Wildman–Crippen MR) is 96.0 cm³/mol. The van der Waals surface area contributed by atoms with Crippen LogP contribution in [0.25, 0.3) is 21.9 Å². The van der Waals surface area contributed by atoms with E-state index in [-0.39, 0.29) is 12.0 Å². The minimum absolute atomic E-state index is 0.268. The first-order valence-electron chi connectivity index (χ1n) is 7.40. The Hall–Kier alpha value is -2.59. The summed E-state index contributed by atoms with van der Waals surface area (Å²) in [6.45, 7) is 0. The summed E-state index contributed by atoms with van der Waals surface area (Å²) in [5.74, 6) is 1.12. The molecule has 0 bridgehead atoms. The summed E-state index contributed by atoms with van der Waals surface area (Å²) in [5, 5.41) is 8.42. The van der Waals surface area contributed by atoms with Crippen molar-refractivity contribution in [3.8, 4) is 21.9 Å². The summed E-state index contributed by atoms with van der Waals surface area (Å²) < 4.78 is 18.8. The number of benzene rings is 1. The van der Waals surface area contributed by atoms with E-state index in [1.165, 1.54) is 22.0 Å². The molecule has 25 heavy (non-hydrogen) atoms. The van der Waals surface area contributed by atoms with Crippen molar-refractivity contribution in [1.82, 2.24) is 19.5 Å². The smallest absolute Gasteiger partial charge is 0.247 e. The molecule has 4 rings (SSSR count). The highest BCUT2D eigenvalue weighted by atomic mass is 32.2. The van der Waals surface area contributed by atoms with E-state index < -0.39 is 11.0 Å². The largest absolute Gasteiger partial charge is 0.423 e. The lowest BCUT2D eigenvalue weighted by molar-refractivity contribution is 0.568. The molecule has 0 fully saturated rings. The van der Waals surface area contributed by atoms with Crippen LogP contribution < -0.4 is 5.73 Å². The first-order chi connectivity index (χ1) is 12.1. The van der Waals surface area contributed by atoms with Gasteiger partial charge >= 0.3 is 0 Å². The fourth-order valence-electron chi connectivity index (χ4n) is 2.44. The minimum Gasteiger partial charge on any atom is -0.423 e. The highest BCUT2D eigenvalue weighted by Gasteiger charge is 2.27. The van der Waals surface area contributed by atoms with E-state index >= 15 is 0 Å². The highest BCUT2D eigenvalue weighted by molar-refractivity contribution is 7.83. The van der Waals surface area contributed by atoms with Crippen molar-refractivity contribution in [2.24, 2.45) is 10.7 Å². The van der Waals surface area contributed by atoms with Crippen LogP contribution in [0.3, 0.4) is 0 Å². The van der Waals surface area contributed by atoms with Gasteiger partial charge in [0.1, 0.15) is 22.0 Å². The van der Waals surface area contributed by atoms with E-state index in [1.807, 2.05) is 24.3 Å². The van der Waals surface area contributed by atoms with Gasteiger partial charge in [0.15, 0.2) is 0 Å². The molecule has 0 amide bonds. The highest BCUT2D eigenvalue weighted by Crippen LogP contribution is 2.33. The predicted octanol–water partition coefficient (Wildman–Crippen LogP) is 1.82. The van der Waals surface area contributed by atoms with Crippen LogP contribution in [0.2, 0.25) is 0 Å². The van der Waals surface area contributed by atoms with Gasteiger partial charge in [0.05, 0.1) is 10.6 Å². The van der Waals surface area contributed by atoms with E-state index in [1.54, 1.807) is 13.2 Å². The second-order valence-corrected chi connectivity index (χ2v) is 7.96. The summed E-state index contributed by atoms with van der Waals surface area (Å²) >= 11 is 1.51. The summed E-state index contributed by atoms with van der Waals surface area (Å²) in [6, 6.07) is 7.51. The summed E-state index contributed by atoms with van der Waals surface area (Å²) in [4.78, 5) is 9.83. The zero-order valence-electron chi connectivity index (χ0n) is 13.2. The molecule has 2 atom stereocenters. The van der Waals surface area contributed by atoms with Crippen LogP contribution in [-0.2, 0) is 11.0 Å². The van der Waals surface area contributed by atoms with Crippen molar-refractivity contribution < 1.29 is 8.63 Å². The van der Waals surface area contributed by atoms with Crippen molar-refractivity contribution in [1.29, 1.82) is 0 Å². The Morgan fingerprint density at radius 1 is 1.40 bits per heavy atom. The van der Waals surface area contributed by atoms with Gasteiger partial charge < -0.3 is 10.2 Å². The minimum atomic E-state index is -1.19. The molecule has 2 unspecified atom stereocenters. The van der Waals surface area contributed by atoms with Gasteiger partial charge in [-0.15, -0.1) is 21.5 Å². The first-order valence-corrected chi connectivity index (χ1v) is 9.49. The Labute approximate surface area is 150 Å². The first kappa shape index (κ1) is 15.9. The molecule has 1 aliphatic rings. The lowest BCUT2D eigenvalue weighted by Crippen LogP contribution is -2.41. The van der Waals surface area contributed by atoms with E-state index in [0.717, 1.165) is 21.0 Å². The monoisotopic (exact) mass is 374 g/mol. The van der Waals surface area contributed by atoms with E-state index in [0.29, 0.717) is 11.6 Å². The van der Waals surface area contributed by atoms with Gasteiger partial charge in [-0.05, 0) is 17.7 Å². The van der Waals surface area contributed by atoms with Crippen LogP contribution >= 0.6 is 11.3 Å². The molecule has 8 nitrogen and oxygen atoms in total. The maximum Gasteiger partial charge on any atom is 0.247 e. The van der Waals surface area contributed by atoms with Crippen LogP contribution in [0.15, 0.2) is 46.3 Å². The number of guanidine groups is 1. The van der Waals surface area contributed by atoms with Crippen LogP contribution in [-0.4, -0.2) is 42.5 Å². The molecule has 0 spiro atoms. The number of nitrogens with two attached hydrogens (primary N) is 1. The van der Waals surface area contributed by atoms with Gasteiger partial charge in [-0.2, -0.15) is 0 Å². The molecule has 0 radical (unpaired) electrons. The average molecular weight is 374 g/mol. The normalized spacial score (nSPS) is 20.5. The number of thiazole rings is 1. The molecular weight excluding hydrogens is 360 g/mol. The summed E-state index contributed by atoms with van der Waals surface area (Å²) in [7, 11) is 0.480. The zero-order chi connectivity index (χ0) is 17.4. The fraction of sp³-hybridized carbons (Fsp3) is 0.200. The number of hydrogen-bond acceptors (Lipinski definition) is 8. The van der Waals surface area contributed by atoms with Crippen molar-refractivity contribution >= 4 is 28.3 Å². The number of aromatic nitrogens is 3. The van der Waals surface area contributed by atoms with Gasteiger partial charge in [0.25, 0.3) is 0 Å². The van der Waals surface area contributed by atoms with Gasteiger partial charge in [-0.1, -0.05) is 12.1 Å². The molecule has 2 aromatic heterocycles. The van der Waals surface area contributed by atoms with Crippen molar-refractivity contribution in [2.45, 2.75) is 6.04 Å². The Morgan fingerprint density at radius 3 is 3.00 bits per heavy atom. The number of aliphatic imine (C=N–C) groups is 1. The summed E-state index contributed by atoms with van der Waals surface area (Å²) in [5.41, 5.74) is 7.66. The topological polar surface area (TPSA) is 110 Å². The Morgan fingerprint density at radius 2 is 2.24 bits per heavy atom. The van der Waals surface area contributed by atoms with Gasteiger partial charge in [-0.25, -0.2) is 14.2 Å². The van der Waals surface area contributed by atoms with Crippen molar-refractivity contribution in [3.05, 3.63) is 41.9 Å². The van der Waals surface area contributed by atoms with E-state index in [4.69, 9.17) is 10.2 Å². The molecule has 3 heterocycles. The molecule has 2 N–H and O–H groups in total. The van der Waals surface area contributed by atoms with Crippen LogP contribution in [0.4, 0.5) is 0 Å². The van der Waals surface area contributed by atoms with Crippen LogP contribution in [0.1, 0.15) is 11.0 Å². The maximum absolute atomic E-state index is 12.1. The van der Waals surface area contributed by atoms with Crippen LogP contribution in [0.5, 0.6) is 0 Å². The third kappa shape index (κ3) is 3.05. The Balaban J connectivity index is 1.64. The maximum atomic E-state index is 12.1. The molecule has 10 heteroatoms. The van der Waals surface area contributed by atoms with Crippen molar-refractivity contribution in [3.63, 3.8) is 0 Å². The number of nitrogens with zero attached hydrogens (tertiary/aromatic N) is 5. The zero-order valence-corrected chi connectivity index (χ0v) is 14.8. The van der Waals surface area contributed by atoms with Gasteiger partial charge in [0.2, 0.25) is 18.2 Å².